The Bertz CT molecular complexity index is 463. The largest absolute Gasteiger partial charge is 0.416 e. The highest BCUT2D eigenvalue weighted by atomic mass is 19.4. The third-order valence-electron chi connectivity index (χ3n) is 3.52. The standard InChI is InChI=1S/C14H15F3O/c1-9-6-7-10(8-12(9)14(15,16)17)11-4-2-3-5-13(11)18/h6-8,11H,2-5H2,1H3/t11-/m1/s1. The average molecular weight is 256 g/mol. The van der Waals surface area contributed by atoms with Gasteiger partial charge in [-0.2, -0.15) is 13.2 Å². The second-order valence-corrected chi connectivity index (χ2v) is 4.84. The molecule has 0 spiro atoms. The van der Waals surface area contributed by atoms with Gasteiger partial charge >= 0.3 is 6.18 Å². The first-order valence-electron chi connectivity index (χ1n) is 6.10. The van der Waals surface area contributed by atoms with Crippen LogP contribution in [0, 0.1) is 6.92 Å². The number of carbonyl (C=O) groups excluding carboxylic acids is 1. The molecule has 0 heterocycles. The molecule has 1 saturated carbocycles. The van der Waals surface area contributed by atoms with E-state index in [1.165, 1.54) is 13.0 Å². The van der Waals surface area contributed by atoms with Gasteiger partial charge in [-0.3, -0.25) is 4.79 Å². The number of carbonyl (C=O) groups is 1. The normalized spacial score (nSPS) is 21.1. The molecule has 1 atom stereocenters. The molecular weight excluding hydrogens is 241 g/mol. The van der Waals surface area contributed by atoms with E-state index in [1.54, 1.807) is 6.07 Å². The first-order chi connectivity index (χ1) is 8.39. The lowest BCUT2D eigenvalue weighted by atomic mass is 9.82. The minimum Gasteiger partial charge on any atom is -0.299 e. The highest BCUT2D eigenvalue weighted by molar-refractivity contribution is 5.86. The Hall–Kier alpha value is -1.32. The molecule has 4 heteroatoms. The molecule has 1 aliphatic carbocycles. The van der Waals surface area contributed by atoms with Crippen molar-refractivity contribution in [2.24, 2.45) is 0 Å². The van der Waals surface area contributed by atoms with Crippen LogP contribution in [0.4, 0.5) is 13.2 Å². The fourth-order valence-electron chi connectivity index (χ4n) is 2.50. The number of benzene rings is 1. The van der Waals surface area contributed by atoms with Gasteiger partial charge in [-0.1, -0.05) is 18.6 Å². The van der Waals surface area contributed by atoms with Crippen LogP contribution in [0.3, 0.4) is 0 Å². The Morgan fingerprint density at radius 2 is 1.94 bits per heavy atom. The molecule has 0 N–H and O–H groups in total. The Labute approximate surface area is 104 Å². The maximum atomic E-state index is 12.8. The summed E-state index contributed by atoms with van der Waals surface area (Å²) in [6.45, 7) is 1.44. The zero-order valence-corrected chi connectivity index (χ0v) is 10.2. The van der Waals surface area contributed by atoms with Gasteiger partial charge in [0, 0.05) is 12.3 Å². The summed E-state index contributed by atoms with van der Waals surface area (Å²) in [5, 5.41) is 0. The summed E-state index contributed by atoms with van der Waals surface area (Å²) >= 11 is 0. The Kier molecular flexibility index (Phi) is 3.46. The number of halogens is 3. The van der Waals surface area contributed by atoms with Crippen molar-refractivity contribution in [2.45, 2.75) is 44.7 Å². The van der Waals surface area contributed by atoms with Gasteiger partial charge in [-0.25, -0.2) is 0 Å². The van der Waals surface area contributed by atoms with Crippen molar-refractivity contribution in [2.75, 3.05) is 0 Å². The van der Waals surface area contributed by atoms with Crippen LogP contribution < -0.4 is 0 Å². The molecule has 1 fully saturated rings. The number of Topliss-reactive ketones (excluding diaryl/α,β-unsaturated/α-hetero) is 1. The first kappa shape index (κ1) is 13.1. The molecular formula is C14H15F3O. The van der Waals surface area contributed by atoms with Gasteiger partial charge in [0.2, 0.25) is 0 Å². The van der Waals surface area contributed by atoms with Crippen molar-refractivity contribution in [3.8, 4) is 0 Å². The molecule has 0 radical (unpaired) electrons. The zero-order valence-electron chi connectivity index (χ0n) is 10.2. The third kappa shape index (κ3) is 2.57. The Morgan fingerprint density at radius 3 is 2.56 bits per heavy atom. The molecule has 98 valence electrons. The SMILES string of the molecule is Cc1ccc([C@H]2CCCCC2=O)cc1C(F)(F)F. The van der Waals surface area contributed by atoms with E-state index in [0.717, 1.165) is 18.9 Å². The topological polar surface area (TPSA) is 17.1 Å². The fraction of sp³-hybridized carbons (Fsp3) is 0.500. The fourth-order valence-corrected chi connectivity index (χ4v) is 2.50. The van der Waals surface area contributed by atoms with Gasteiger partial charge in [0.25, 0.3) is 0 Å². The number of ketones is 1. The lowest BCUT2D eigenvalue weighted by molar-refractivity contribution is -0.138. The minimum absolute atomic E-state index is 0.0678. The van der Waals surface area contributed by atoms with E-state index < -0.39 is 11.7 Å². The summed E-state index contributed by atoms with van der Waals surface area (Å²) in [6.07, 6.45) is -1.43. The highest BCUT2D eigenvalue weighted by Gasteiger charge is 2.34. The zero-order chi connectivity index (χ0) is 13.3. The van der Waals surface area contributed by atoms with E-state index in [1.807, 2.05) is 0 Å². The Morgan fingerprint density at radius 1 is 1.22 bits per heavy atom. The van der Waals surface area contributed by atoms with Gasteiger partial charge in [-0.05, 0) is 37.0 Å². The van der Waals surface area contributed by atoms with E-state index in [4.69, 9.17) is 0 Å². The summed E-state index contributed by atoms with van der Waals surface area (Å²) in [7, 11) is 0. The van der Waals surface area contributed by atoms with Crippen molar-refractivity contribution in [3.63, 3.8) is 0 Å². The summed E-state index contributed by atoms with van der Waals surface area (Å²) in [4.78, 5) is 11.8. The van der Waals surface area contributed by atoms with Crippen LogP contribution in [0.2, 0.25) is 0 Å². The monoisotopic (exact) mass is 256 g/mol. The molecule has 1 aliphatic rings. The molecule has 0 aliphatic heterocycles. The second kappa shape index (κ2) is 4.75. The first-order valence-corrected chi connectivity index (χ1v) is 6.10. The summed E-state index contributed by atoms with van der Waals surface area (Å²) < 4.78 is 38.4. The molecule has 0 unspecified atom stereocenters. The lowest BCUT2D eigenvalue weighted by Crippen LogP contribution is -2.18. The van der Waals surface area contributed by atoms with E-state index in [-0.39, 0.29) is 17.3 Å². The summed E-state index contributed by atoms with van der Waals surface area (Å²) in [5.41, 5.74) is 0.0884. The van der Waals surface area contributed by atoms with Crippen LogP contribution in [0.25, 0.3) is 0 Å². The van der Waals surface area contributed by atoms with Crippen LogP contribution in [0.1, 0.15) is 48.3 Å². The highest BCUT2D eigenvalue weighted by Crippen LogP contribution is 2.36. The molecule has 1 aromatic rings. The van der Waals surface area contributed by atoms with Crippen molar-refractivity contribution in [1.29, 1.82) is 0 Å². The van der Waals surface area contributed by atoms with Crippen LogP contribution in [-0.4, -0.2) is 5.78 Å². The van der Waals surface area contributed by atoms with Gasteiger partial charge in [0.1, 0.15) is 5.78 Å². The molecule has 0 amide bonds. The molecule has 1 nitrogen and oxygen atoms in total. The number of alkyl halides is 3. The van der Waals surface area contributed by atoms with Crippen molar-refractivity contribution < 1.29 is 18.0 Å². The van der Waals surface area contributed by atoms with E-state index in [9.17, 15) is 18.0 Å². The van der Waals surface area contributed by atoms with Gasteiger partial charge in [-0.15, -0.1) is 0 Å². The number of hydrogen-bond acceptors (Lipinski definition) is 1. The smallest absolute Gasteiger partial charge is 0.299 e. The second-order valence-electron chi connectivity index (χ2n) is 4.84. The lowest BCUT2D eigenvalue weighted by Gasteiger charge is -2.22. The van der Waals surface area contributed by atoms with Crippen LogP contribution in [-0.2, 0) is 11.0 Å². The predicted octanol–water partition coefficient (Wildman–Crippen LogP) is 4.24. The molecule has 18 heavy (non-hydrogen) atoms. The maximum Gasteiger partial charge on any atom is 0.416 e. The molecule has 2 rings (SSSR count). The number of hydrogen-bond donors (Lipinski definition) is 0. The average Bonchev–Trinajstić information content (AvgIpc) is 2.29. The third-order valence-corrected chi connectivity index (χ3v) is 3.52. The summed E-state index contributed by atoms with van der Waals surface area (Å²) in [5.74, 6) is -0.279. The van der Waals surface area contributed by atoms with Crippen LogP contribution in [0.5, 0.6) is 0 Å². The molecule has 0 bridgehead atoms. The van der Waals surface area contributed by atoms with E-state index in [2.05, 4.69) is 0 Å². The predicted molar refractivity (Wildman–Crippen MR) is 62.4 cm³/mol. The maximum absolute atomic E-state index is 12.8. The van der Waals surface area contributed by atoms with Crippen molar-refractivity contribution in [1.82, 2.24) is 0 Å². The number of aryl methyl sites for hydroxylation is 1. The van der Waals surface area contributed by atoms with Gasteiger partial charge in [0.15, 0.2) is 0 Å². The quantitative estimate of drug-likeness (QED) is 0.734. The number of rotatable bonds is 1. The van der Waals surface area contributed by atoms with Crippen LogP contribution in [0.15, 0.2) is 18.2 Å². The molecule has 0 saturated heterocycles. The van der Waals surface area contributed by atoms with Crippen molar-refractivity contribution in [3.05, 3.63) is 34.9 Å². The molecule has 0 aromatic heterocycles. The van der Waals surface area contributed by atoms with Crippen LogP contribution >= 0.6 is 0 Å². The minimum atomic E-state index is -4.35. The summed E-state index contributed by atoms with van der Waals surface area (Å²) in [6, 6.07) is 4.25. The van der Waals surface area contributed by atoms with Crippen molar-refractivity contribution >= 4 is 5.78 Å². The van der Waals surface area contributed by atoms with Gasteiger partial charge < -0.3 is 0 Å². The Balaban J connectivity index is 2.37. The van der Waals surface area contributed by atoms with E-state index in [0.29, 0.717) is 18.4 Å². The molecule has 1 aromatic carbocycles. The van der Waals surface area contributed by atoms with E-state index >= 15 is 0 Å². The van der Waals surface area contributed by atoms with Gasteiger partial charge in [0.05, 0.1) is 5.56 Å².